The Morgan fingerprint density at radius 2 is 2.14 bits per heavy atom. The number of anilines is 1. The molecule has 0 heterocycles. The Morgan fingerprint density at radius 3 is 2.76 bits per heavy atom. The Labute approximate surface area is 128 Å². The maximum absolute atomic E-state index is 11.7. The molecule has 0 aliphatic heterocycles. The fraction of sp³-hybridized carbons (Fsp3) is 0.429. The molecule has 2 amide bonds. The van der Waals surface area contributed by atoms with Crippen molar-refractivity contribution in [1.29, 1.82) is 0 Å². The molecule has 3 N–H and O–H groups in total. The standard InChI is InChI=1S/C14H19ClN2O4/c1-9(13(18)19)4-3-7-16-14(20)17-11-8-10(15)5-6-12(11)21-2/h5-6,8-9H,3-4,7H2,1-2H3,(H,18,19)(H2,16,17,20). The Hall–Kier alpha value is -1.95. The molecular formula is C14H19ClN2O4. The maximum atomic E-state index is 11.7. The number of hydrogen-bond donors (Lipinski definition) is 3. The molecule has 1 aromatic carbocycles. The van der Waals surface area contributed by atoms with Gasteiger partial charge in [0.1, 0.15) is 5.75 Å². The third-order valence-corrected chi connectivity index (χ3v) is 3.17. The van der Waals surface area contributed by atoms with Crippen LogP contribution < -0.4 is 15.4 Å². The number of benzene rings is 1. The summed E-state index contributed by atoms with van der Waals surface area (Å²) in [4.78, 5) is 22.4. The van der Waals surface area contributed by atoms with Crippen molar-refractivity contribution in [2.75, 3.05) is 19.0 Å². The lowest BCUT2D eigenvalue weighted by Gasteiger charge is -2.12. The topological polar surface area (TPSA) is 87.7 Å². The van der Waals surface area contributed by atoms with Crippen molar-refractivity contribution in [3.8, 4) is 5.75 Å². The highest BCUT2D eigenvalue weighted by molar-refractivity contribution is 6.31. The highest BCUT2D eigenvalue weighted by Crippen LogP contribution is 2.27. The van der Waals surface area contributed by atoms with Gasteiger partial charge in [-0.15, -0.1) is 0 Å². The molecule has 1 aromatic rings. The molecule has 0 aromatic heterocycles. The number of urea groups is 1. The van der Waals surface area contributed by atoms with Crippen LogP contribution in [0.2, 0.25) is 5.02 Å². The Morgan fingerprint density at radius 1 is 1.43 bits per heavy atom. The van der Waals surface area contributed by atoms with E-state index >= 15 is 0 Å². The van der Waals surface area contributed by atoms with Crippen LogP contribution in [-0.2, 0) is 4.79 Å². The van der Waals surface area contributed by atoms with Crippen LogP contribution in [0.25, 0.3) is 0 Å². The number of carbonyl (C=O) groups is 2. The van der Waals surface area contributed by atoms with E-state index in [-0.39, 0.29) is 0 Å². The van der Waals surface area contributed by atoms with Crippen LogP contribution in [0.15, 0.2) is 18.2 Å². The van der Waals surface area contributed by atoms with E-state index < -0.39 is 17.9 Å². The molecule has 1 atom stereocenters. The van der Waals surface area contributed by atoms with Gasteiger partial charge in [-0.05, 0) is 31.0 Å². The summed E-state index contributed by atoms with van der Waals surface area (Å²) in [6, 6.07) is 4.52. The number of aliphatic carboxylic acids is 1. The average Bonchev–Trinajstić information content (AvgIpc) is 2.43. The molecular weight excluding hydrogens is 296 g/mol. The minimum atomic E-state index is -0.830. The molecule has 0 bridgehead atoms. The molecule has 0 saturated carbocycles. The summed E-state index contributed by atoms with van der Waals surface area (Å²) in [5, 5.41) is 14.5. The van der Waals surface area contributed by atoms with Crippen molar-refractivity contribution in [2.24, 2.45) is 5.92 Å². The molecule has 0 spiro atoms. The maximum Gasteiger partial charge on any atom is 0.319 e. The van der Waals surface area contributed by atoms with E-state index in [1.54, 1.807) is 25.1 Å². The number of rotatable bonds is 7. The fourth-order valence-corrected chi connectivity index (χ4v) is 1.85. The number of methoxy groups -OCH3 is 1. The summed E-state index contributed by atoms with van der Waals surface area (Å²) in [7, 11) is 1.50. The van der Waals surface area contributed by atoms with Crippen LogP contribution in [0.4, 0.5) is 10.5 Å². The first-order valence-corrected chi connectivity index (χ1v) is 6.93. The van der Waals surface area contributed by atoms with E-state index in [9.17, 15) is 9.59 Å². The van der Waals surface area contributed by atoms with E-state index in [1.165, 1.54) is 7.11 Å². The van der Waals surface area contributed by atoms with Gasteiger partial charge in [0.05, 0.1) is 18.7 Å². The summed E-state index contributed by atoms with van der Waals surface area (Å²) < 4.78 is 5.12. The minimum Gasteiger partial charge on any atom is -0.495 e. The van der Waals surface area contributed by atoms with Crippen molar-refractivity contribution >= 4 is 29.3 Å². The highest BCUT2D eigenvalue weighted by atomic mass is 35.5. The van der Waals surface area contributed by atoms with E-state index in [2.05, 4.69) is 10.6 Å². The number of carboxylic acids is 1. The smallest absolute Gasteiger partial charge is 0.319 e. The molecule has 116 valence electrons. The van der Waals surface area contributed by atoms with E-state index in [4.69, 9.17) is 21.4 Å². The number of nitrogens with one attached hydrogen (secondary N) is 2. The second-order valence-corrected chi connectivity index (χ2v) is 5.04. The summed E-state index contributed by atoms with van der Waals surface area (Å²) >= 11 is 5.87. The summed E-state index contributed by atoms with van der Waals surface area (Å²) in [5.74, 6) is -0.736. The van der Waals surface area contributed by atoms with E-state index in [0.29, 0.717) is 35.8 Å². The van der Waals surface area contributed by atoms with Gasteiger partial charge in [-0.25, -0.2) is 4.79 Å². The quantitative estimate of drug-likeness (QED) is 0.675. The molecule has 1 rings (SSSR count). The zero-order valence-electron chi connectivity index (χ0n) is 12.0. The third-order valence-electron chi connectivity index (χ3n) is 2.93. The van der Waals surface area contributed by atoms with Gasteiger partial charge in [0.2, 0.25) is 0 Å². The van der Waals surface area contributed by atoms with Crippen molar-refractivity contribution in [3.05, 3.63) is 23.2 Å². The van der Waals surface area contributed by atoms with Crippen molar-refractivity contribution in [3.63, 3.8) is 0 Å². The molecule has 21 heavy (non-hydrogen) atoms. The van der Waals surface area contributed by atoms with Gasteiger partial charge in [-0.1, -0.05) is 18.5 Å². The predicted octanol–water partition coefficient (Wildman–Crippen LogP) is 2.97. The first-order valence-electron chi connectivity index (χ1n) is 6.55. The number of carboxylic acid groups (broad SMARTS) is 1. The number of hydrogen-bond acceptors (Lipinski definition) is 3. The summed E-state index contributed by atoms with van der Waals surface area (Å²) in [5.41, 5.74) is 0.474. The van der Waals surface area contributed by atoms with Gasteiger partial charge in [0.25, 0.3) is 0 Å². The van der Waals surface area contributed by atoms with Gasteiger partial charge in [-0.3, -0.25) is 4.79 Å². The van der Waals surface area contributed by atoms with Crippen LogP contribution in [0, 0.1) is 5.92 Å². The van der Waals surface area contributed by atoms with Crippen LogP contribution in [0.3, 0.4) is 0 Å². The second kappa shape index (κ2) is 8.36. The molecule has 0 aliphatic carbocycles. The fourth-order valence-electron chi connectivity index (χ4n) is 1.68. The van der Waals surface area contributed by atoms with Crippen molar-refractivity contribution in [2.45, 2.75) is 19.8 Å². The van der Waals surface area contributed by atoms with Crippen LogP contribution in [0.1, 0.15) is 19.8 Å². The Kier molecular flexibility index (Phi) is 6.81. The minimum absolute atomic E-state index is 0.390. The van der Waals surface area contributed by atoms with Crippen molar-refractivity contribution in [1.82, 2.24) is 5.32 Å². The predicted molar refractivity (Wildman–Crippen MR) is 81.1 cm³/mol. The zero-order valence-corrected chi connectivity index (χ0v) is 12.7. The first kappa shape index (κ1) is 17.1. The van der Waals surface area contributed by atoms with Crippen LogP contribution >= 0.6 is 11.6 Å². The number of carbonyl (C=O) groups excluding carboxylic acids is 1. The van der Waals surface area contributed by atoms with Gasteiger partial charge in [0.15, 0.2) is 0 Å². The van der Waals surface area contributed by atoms with E-state index in [1.807, 2.05) is 0 Å². The molecule has 0 aliphatic rings. The largest absolute Gasteiger partial charge is 0.495 e. The zero-order chi connectivity index (χ0) is 15.8. The normalized spacial score (nSPS) is 11.6. The van der Waals surface area contributed by atoms with Gasteiger partial charge in [0, 0.05) is 11.6 Å². The van der Waals surface area contributed by atoms with Gasteiger partial charge >= 0.3 is 12.0 Å². The Bertz CT molecular complexity index is 508. The second-order valence-electron chi connectivity index (χ2n) is 4.61. The third kappa shape index (κ3) is 5.91. The molecule has 7 heteroatoms. The lowest BCUT2D eigenvalue weighted by atomic mass is 10.1. The number of ether oxygens (including phenoxy) is 1. The van der Waals surface area contributed by atoms with Crippen molar-refractivity contribution < 1.29 is 19.4 Å². The molecule has 1 unspecified atom stereocenters. The first-order chi connectivity index (χ1) is 9.93. The summed E-state index contributed by atoms with van der Waals surface area (Å²) in [6.45, 7) is 2.03. The summed E-state index contributed by atoms with van der Waals surface area (Å²) in [6.07, 6.45) is 1.10. The lowest BCUT2D eigenvalue weighted by Crippen LogP contribution is -2.30. The van der Waals surface area contributed by atoms with Gasteiger partial charge in [-0.2, -0.15) is 0 Å². The SMILES string of the molecule is COc1ccc(Cl)cc1NC(=O)NCCCC(C)C(=O)O. The monoisotopic (exact) mass is 314 g/mol. The number of amides is 2. The van der Waals surface area contributed by atoms with E-state index in [0.717, 1.165) is 0 Å². The van der Waals surface area contributed by atoms with Gasteiger partial charge < -0.3 is 20.5 Å². The van der Waals surface area contributed by atoms with Crippen LogP contribution in [-0.4, -0.2) is 30.8 Å². The molecule has 6 nitrogen and oxygen atoms in total. The average molecular weight is 315 g/mol. The lowest BCUT2D eigenvalue weighted by molar-refractivity contribution is -0.141. The highest BCUT2D eigenvalue weighted by Gasteiger charge is 2.11. The van der Waals surface area contributed by atoms with Crippen LogP contribution in [0.5, 0.6) is 5.75 Å². The number of halogens is 1. The Balaban J connectivity index is 2.40. The molecule has 0 saturated heterocycles. The molecule has 0 fully saturated rings. The molecule has 0 radical (unpaired) electrons.